The second-order valence-corrected chi connectivity index (χ2v) is 11.0. The van der Waals surface area contributed by atoms with E-state index in [9.17, 15) is 4.79 Å². The van der Waals surface area contributed by atoms with Crippen LogP contribution in [0.25, 0.3) is 0 Å². The van der Waals surface area contributed by atoms with Gasteiger partial charge in [0.05, 0.1) is 17.8 Å². The Hall–Kier alpha value is -4.95. The minimum absolute atomic E-state index is 0.0711. The number of rotatable bonds is 9. The lowest BCUT2D eigenvalue weighted by Gasteiger charge is -2.28. The zero-order valence-electron chi connectivity index (χ0n) is 24.1. The van der Waals surface area contributed by atoms with Gasteiger partial charge in [-0.1, -0.05) is 54.6 Å². The molecule has 0 aliphatic carbocycles. The highest BCUT2D eigenvalue weighted by Gasteiger charge is 2.42. The molecule has 1 aliphatic rings. The Balaban J connectivity index is 1.28. The van der Waals surface area contributed by atoms with Crippen molar-refractivity contribution in [1.82, 2.24) is 14.9 Å². The number of para-hydroxylation sites is 1. The van der Waals surface area contributed by atoms with Crippen molar-refractivity contribution in [2.45, 2.75) is 32.5 Å². The third-order valence-corrected chi connectivity index (χ3v) is 8.07. The molecule has 43 heavy (non-hydrogen) atoms. The minimum atomic E-state index is -0.228. The number of ether oxygens (including phenoxy) is 1. The van der Waals surface area contributed by atoms with Crippen molar-refractivity contribution >= 4 is 34.6 Å². The number of thiocarbonyl (C=S) groups is 1. The summed E-state index contributed by atoms with van der Waals surface area (Å²) in [7, 11) is 0. The average molecular weight is 588 g/mol. The molecule has 0 saturated carbocycles. The Bertz CT molecular complexity index is 1710. The van der Waals surface area contributed by atoms with Crippen molar-refractivity contribution in [1.29, 1.82) is 0 Å². The SMILES string of the molecule is Cc1cc([C@H]2[C@H](c3ccccn3)NC(=S)N2c2ccc(NC(=O)COc3ccccc3)cc2)c(C)n1Cc1ccccc1. The summed E-state index contributed by atoms with van der Waals surface area (Å²) in [4.78, 5) is 19.4. The molecule has 5 aromatic rings. The van der Waals surface area contributed by atoms with Gasteiger partial charge in [0.15, 0.2) is 11.7 Å². The van der Waals surface area contributed by atoms with E-state index in [0.717, 1.165) is 17.9 Å². The number of pyridine rings is 1. The lowest BCUT2D eigenvalue weighted by Crippen LogP contribution is -2.29. The smallest absolute Gasteiger partial charge is 0.262 e. The maximum Gasteiger partial charge on any atom is 0.262 e. The van der Waals surface area contributed by atoms with Crippen LogP contribution in [0.4, 0.5) is 11.4 Å². The highest BCUT2D eigenvalue weighted by molar-refractivity contribution is 7.80. The normalized spacial score (nSPS) is 16.1. The highest BCUT2D eigenvalue weighted by Crippen LogP contribution is 2.43. The van der Waals surface area contributed by atoms with Crippen LogP contribution in [0.5, 0.6) is 5.75 Å². The van der Waals surface area contributed by atoms with Gasteiger partial charge < -0.3 is 24.8 Å². The first-order chi connectivity index (χ1) is 21.0. The maximum absolute atomic E-state index is 12.5. The summed E-state index contributed by atoms with van der Waals surface area (Å²) in [6, 6.07) is 35.5. The molecule has 7 nitrogen and oxygen atoms in total. The summed E-state index contributed by atoms with van der Waals surface area (Å²) >= 11 is 5.94. The van der Waals surface area contributed by atoms with E-state index in [2.05, 4.69) is 64.3 Å². The molecule has 1 saturated heterocycles. The fourth-order valence-corrected chi connectivity index (χ4v) is 6.00. The number of amides is 1. The molecule has 0 spiro atoms. The molecule has 2 atom stereocenters. The topological polar surface area (TPSA) is 71.4 Å². The molecule has 0 radical (unpaired) electrons. The predicted molar refractivity (Wildman–Crippen MR) is 174 cm³/mol. The van der Waals surface area contributed by atoms with E-state index in [1.165, 1.54) is 22.5 Å². The monoisotopic (exact) mass is 587 g/mol. The van der Waals surface area contributed by atoms with Gasteiger partial charge in [-0.05, 0) is 91.8 Å². The summed E-state index contributed by atoms with van der Waals surface area (Å²) in [5.41, 5.74) is 7.34. The van der Waals surface area contributed by atoms with Gasteiger partial charge >= 0.3 is 0 Å². The number of aryl methyl sites for hydroxylation is 1. The molecule has 3 aromatic carbocycles. The lowest BCUT2D eigenvalue weighted by atomic mass is 9.96. The van der Waals surface area contributed by atoms with Gasteiger partial charge in [-0.25, -0.2) is 0 Å². The van der Waals surface area contributed by atoms with Crippen LogP contribution < -0.4 is 20.3 Å². The van der Waals surface area contributed by atoms with E-state index in [0.29, 0.717) is 16.5 Å². The minimum Gasteiger partial charge on any atom is -0.484 e. The van der Waals surface area contributed by atoms with Crippen LogP contribution in [0.15, 0.2) is 115 Å². The number of hydrogen-bond acceptors (Lipinski definition) is 4. The lowest BCUT2D eigenvalue weighted by molar-refractivity contribution is -0.118. The van der Waals surface area contributed by atoms with Gasteiger partial charge in [-0.15, -0.1) is 0 Å². The van der Waals surface area contributed by atoms with Crippen molar-refractivity contribution in [2.75, 3.05) is 16.8 Å². The van der Waals surface area contributed by atoms with Gasteiger partial charge in [0.25, 0.3) is 5.91 Å². The van der Waals surface area contributed by atoms with E-state index in [4.69, 9.17) is 21.9 Å². The first kappa shape index (κ1) is 28.2. The number of carbonyl (C=O) groups is 1. The molecule has 0 bridgehead atoms. The number of nitrogens with one attached hydrogen (secondary N) is 2. The van der Waals surface area contributed by atoms with Crippen LogP contribution >= 0.6 is 12.2 Å². The zero-order chi connectivity index (χ0) is 29.8. The van der Waals surface area contributed by atoms with Crippen LogP contribution in [0.1, 0.15) is 40.3 Å². The number of aromatic nitrogens is 2. The van der Waals surface area contributed by atoms with E-state index < -0.39 is 0 Å². The van der Waals surface area contributed by atoms with Crippen LogP contribution in [0.3, 0.4) is 0 Å². The van der Waals surface area contributed by atoms with E-state index in [1.807, 2.05) is 85.1 Å². The molecule has 2 N–H and O–H groups in total. The van der Waals surface area contributed by atoms with Gasteiger partial charge in [0.1, 0.15) is 5.75 Å². The van der Waals surface area contributed by atoms with E-state index >= 15 is 0 Å². The molecule has 1 fully saturated rings. The summed E-state index contributed by atoms with van der Waals surface area (Å²) < 4.78 is 7.94. The summed E-state index contributed by atoms with van der Waals surface area (Å²) in [5, 5.41) is 7.10. The number of carbonyl (C=O) groups excluding carboxylic acids is 1. The second-order valence-electron chi connectivity index (χ2n) is 10.6. The third-order valence-electron chi connectivity index (χ3n) is 7.76. The van der Waals surface area contributed by atoms with Gasteiger partial charge in [-0.3, -0.25) is 9.78 Å². The molecule has 1 aliphatic heterocycles. The Kier molecular flexibility index (Phi) is 8.20. The summed E-state index contributed by atoms with van der Waals surface area (Å²) in [6.45, 7) is 5.05. The van der Waals surface area contributed by atoms with E-state index in [1.54, 1.807) is 0 Å². The molecule has 6 rings (SSSR count). The predicted octanol–water partition coefficient (Wildman–Crippen LogP) is 6.74. The third kappa shape index (κ3) is 6.15. The number of benzene rings is 3. The number of anilines is 2. The van der Waals surface area contributed by atoms with E-state index in [-0.39, 0.29) is 24.6 Å². The standard InChI is InChI=1S/C35H33N5O2S/c1-24-21-30(25(2)39(24)22-26-11-5-3-6-12-26)34-33(31-15-9-10-20-36-31)38-35(43)40(34)28-18-16-27(17-19-28)37-32(41)23-42-29-13-7-4-8-14-29/h3-21,33-34H,22-23H2,1-2H3,(H,37,41)(H,38,43)/t33-,34-/m0/s1. The Morgan fingerprint density at radius 3 is 2.33 bits per heavy atom. The quantitative estimate of drug-likeness (QED) is 0.186. The first-order valence-electron chi connectivity index (χ1n) is 14.3. The fraction of sp³-hybridized carbons (Fsp3) is 0.171. The fourth-order valence-electron chi connectivity index (χ4n) is 5.65. The van der Waals surface area contributed by atoms with Crippen molar-refractivity contribution in [3.8, 4) is 5.75 Å². The average Bonchev–Trinajstić information content (AvgIpc) is 3.52. The van der Waals surface area contributed by atoms with Gasteiger partial charge in [0, 0.05) is 35.5 Å². The second kappa shape index (κ2) is 12.5. The molecule has 3 heterocycles. The molecule has 8 heteroatoms. The molecule has 216 valence electrons. The van der Waals surface area contributed by atoms with Crippen LogP contribution in [-0.4, -0.2) is 27.2 Å². The van der Waals surface area contributed by atoms with Crippen molar-refractivity contribution in [2.24, 2.45) is 0 Å². The molecule has 2 aromatic heterocycles. The van der Waals surface area contributed by atoms with Crippen LogP contribution in [-0.2, 0) is 11.3 Å². The Morgan fingerprint density at radius 2 is 1.63 bits per heavy atom. The Morgan fingerprint density at radius 1 is 0.930 bits per heavy atom. The number of hydrogen-bond donors (Lipinski definition) is 2. The van der Waals surface area contributed by atoms with Crippen molar-refractivity contribution in [3.63, 3.8) is 0 Å². The van der Waals surface area contributed by atoms with Crippen LogP contribution in [0.2, 0.25) is 0 Å². The zero-order valence-corrected chi connectivity index (χ0v) is 24.9. The highest BCUT2D eigenvalue weighted by atomic mass is 32.1. The molecule has 1 amide bonds. The molecular formula is C35H33N5O2S. The van der Waals surface area contributed by atoms with Crippen molar-refractivity contribution < 1.29 is 9.53 Å². The van der Waals surface area contributed by atoms with Crippen LogP contribution in [0, 0.1) is 13.8 Å². The molecular weight excluding hydrogens is 554 g/mol. The van der Waals surface area contributed by atoms with Gasteiger partial charge in [-0.2, -0.15) is 0 Å². The number of nitrogens with zero attached hydrogens (tertiary/aromatic N) is 3. The Labute approximate surface area is 257 Å². The first-order valence-corrected chi connectivity index (χ1v) is 14.7. The van der Waals surface area contributed by atoms with Crippen molar-refractivity contribution in [3.05, 3.63) is 144 Å². The van der Waals surface area contributed by atoms with Gasteiger partial charge in [0.2, 0.25) is 0 Å². The largest absolute Gasteiger partial charge is 0.484 e. The summed E-state index contributed by atoms with van der Waals surface area (Å²) in [6.07, 6.45) is 1.82. The summed E-state index contributed by atoms with van der Waals surface area (Å²) in [5.74, 6) is 0.425. The maximum atomic E-state index is 12.5. The molecule has 0 unspecified atom stereocenters.